The van der Waals surface area contributed by atoms with E-state index in [1.807, 2.05) is 6.92 Å². The average molecular weight is 179 g/mol. The first kappa shape index (κ1) is 9.58. The summed E-state index contributed by atoms with van der Waals surface area (Å²) in [7, 11) is 1.55. The van der Waals surface area contributed by atoms with Crippen molar-refractivity contribution < 1.29 is 5.11 Å². The van der Waals surface area contributed by atoms with Crippen LogP contribution in [0.15, 0.2) is 17.4 Å². The van der Waals surface area contributed by atoms with E-state index in [4.69, 9.17) is 0 Å². The molecule has 0 saturated heterocycles. The van der Waals surface area contributed by atoms with Crippen molar-refractivity contribution in [2.75, 3.05) is 0 Å². The molecule has 0 amide bonds. The number of pyridine rings is 1. The number of hydrogen-bond acceptors (Lipinski definition) is 2. The minimum absolute atomic E-state index is 0.0399. The zero-order valence-electron chi connectivity index (χ0n) is 7.87. The Balaban J connectivity index is 3.54. The van der Waals surface area contributed by atoms with Crippen LogP contribution in [0.4, 0.5) is 0 Å². The molecule has 0 spiro atoms. The van der Waals surface area contributed by atoms with Crippen molar-refractivity contribution in [3.63, 3.8) is 0 Å². The molecule has 70 valence electrons. The van der Waals surface area contributed by atoms with Crippen molar-refractivity contribution in [1.82, 2.24) is 4.57 Å². The molecular formula is C10H13NO2. The molecule has 3 heteroatoms. The first-order valence-corrected chi connectivity index (χ1v) is 4.16. The predicted molar refractivity (Wildman–Crippen MR) is 52.8 cm³/mol. The van der Waals surface area contributed by atoms with Gasteiger partial charge in [-0.05, 0) is 12.5 Å². The molecule has 13 heavy (non-hydrogen) atoms. The van der Waals surface area contributed by atoms with E-state index < -0.39 is 0 Å². The molecular weight excluding hydrogens is 166 g/mol. The van der Waals surface area contributed by atoms with Gasteiger partial charge in [0.1, 0.15) is 0 Å². The summed E-state index contributed by atoms with van der Waals surface area (Å²) in [6.45, 7) is 5.47. The van der Waals surface area contributed by atoms with Gasteiger partial charge in [0.2, 0.25) is 0 Å². The Bertz CT molecular complexity index is 391. The lowest BCUT2D eigenvalue weighted by atomic mass is 10.1. The highest BCUT2D eigenvalue weighted by Crippen LogP contribution is 2.15. The Labute approximate surface area is 77.0 Å². The summed E-state index contributed by atoms with van der Waals surface area (Å²) in [5.41, 5.74) is 1.07. The molecule has 0 aliphatic heterocycles. The average Bonchev–Trinajstić information content (AvgIpc) is 2.15. The third-order valence-electron chi connectivity index (χ3n) is 2.09. The lowest BCUT2D eigenvalue weighted by molar-refractivity contribution is 0.416. The molecule has 0 aliphatic rings. The zero-order chi connectivity index (χ0) is 10.0. The number of rotatable bonds is 2. The molecule has 1 rings (SSSR count). The van der Waals surface area contributed by atoms with E-state index in [-0.39, 0.29) is 11.4 Å². The van der Waals surface area contributed by atoms with Crippen LogP contribution in [-0.4, -0.2) is 9.67 Å². The quantitative estimate of drug-likeness (QED) is 0.743. The summed E-state index contributed by atoms with van der Waals surface area (Å²) in [5, 5.41) is 9.53. The lowest BCUT2D eigenvalue weighted by Crippen LogP contribution is -2.19. The Morgan fingerprint density at radius 1 is 1.69 bits per heavy atom. The van der Waals surface area contributed by atoms with E-state index in [2.05, 4.69) is 6.58 Å². The molecule has 0 unspecified atom stereocenters. The van der Waals surface area contributed by atoms with Crippen LogP contribution in [0.5, 0.6) is 5.88 Å². The fourth-order valence-corrected chi connectivity index (χ4v) is 1.23. The molecule has 0 saturated carbocycles. The van der Waals surface area contributed by atoms with Crippen LogP contribution in [0, 0.1) is 0 Å². The van der Waals surface area contributed by atoms with E-state index in [9.17, 15) is 9.90 Å². The smallest absolute Gasteiger partial charge is 0.260 e. The second-order valence-electron chi connectivity index (χ2n) is 2.87. The molecule has 0 aliphatic carbocycles. The van der Waals surface area contributed by atoms with Gasteiger partial charge in [-0.2, -0.15) is 0 Å². The van der Waals surface area contributed by atoms with Gasteiger partial charge in [0.05, 0.1) is 0 Å². The number of aryl methyl sites for hydroxylation is 1. The molecule has 0 atom stereocenters. The monoisotopic (exact) mass is 179 g/mol. The second kappa shape index (κ2) is 3.47. The van der Waals surface area contributed by atoms with Crippen LogP contribution in [0.2, 0.25) is 0 Å². The molecule has 3 nitrogen and oxygen atoms in total. The SMILES string of the molecule is C=Cc1cc(CC)c(O)n(C)c1=O. The molecule has 0 aromatic carbocycles. The largest absolute Gasteiger partial charge is 0.494 e. The zero-order valence-corrected chi connectivity index (χ0v) is 7.87. The van der Waals surface area contributed by atoms with E-state index in [1.54, 1.807) is 13.1 Å². The third-order valence-corrected chi connectivity index (χ3v) is 2.09. The molecule has 0 radical (unpaired) electrons. The molecule has 1 N–H and O–H groups in total. The summed E-state index contributed by atoms with van der Waals surface area (Å²) in [6, 6.07) is 1.67. The van der Waals surface area contributed by atoms with Gasteiger partial charge >= 0.3 is 0 Å². The summed E-state index contributed by atoms with van der Waals surface area (Å²) in [6.07, 6.45) is 2.20. The Hall–Kier alpha value is -1.51. The van der Waals surface area contributed by atoms with Gasteiger partial charge in [-0.1, -0.05) is 19.6 Å². The van der Waals surface area contributed by atoms with Gasteiger partial charge in [-0.15, -0.1) is 0 Å². The van der Waals surface area contributed by atoms with Crippen LogP contribution in [0.3, 0.4) is 0 Å². The maximum Gasteiger partial charge on any atom is 0.260 e. The third kappa shape index (κ3) is 1.49. The highest BCUT2D eigenvalue weighted by molar-refractivity contribution is 5.48. The minimum Gasteiger partial charge on any atom is -0.494 e. The lowest BCUT2D eigenvalue weighted by Gasteiger charge is -2.07. The van der Waals surface area contributed by atoms with Crippen LogP contribution < -0.4 is 5.56 Å². The first-order chi connectivity index (χ1) is 6.11. The maximum atomic E-state index is 11.4. The summed E-state index contributed by atoms with van der Waals surface area (Å²) in [5.74, 6) is 0.0399. The van der Waals surface area contributed by atoms with Gasteiger partial charge < -0.3 is 5.11 Å². The highest BCUT2D eigenvalue weighted by atomic mass is 16.3. The Morgan fingerprint density at radius 3 is 2.77 bits per heavy atom. The Kier molecular flexibility index (Phi) is 2.56. The minimum atomic E-state index is -0.218. The summed E-state index contributed by atoms with van der Waals surface area (Å²) in [4.78, 5) is 11.4. The number of aromatic nitrogens is 1. The number of aromatic hydroxyl groups is 1. The topological polar surface area (TPSA) is 42.2 Å². The standard InChI is InChI=1S/C10H13NO2/c1-4-7-6-8(5-2)10(13)11(3)9(7)12/h4,6,13H,1,5H2,2-3H3. The molecule has 0 bridgehead atoms. The summed E-state index contributed by atoms with van der Waals surface area (Å²) < 4.78 is 1.23. The molecule has 0 fully saturated rings. The maximum absolute atomic E-state index is 11.4. The molecule has 1 heterocycles. The first-order valence-electron chi connectivity index (χ1n) is 4.16. The van der Waals surface area contributed by atoms with Crippen LogP contribution >= 0.6 is 0 Å². The Morgan fingerprint density at radius 2 is 2.31 bits per heavy atom. The van der Waals surface area contributed by atoms with Crippen molar-refractivity contribution in [2.45, 2.75) is 13.3 Å². The van der Waals surface area contributed by atoms with Gasteiger partial charge in [-0.3, -0.25) is 9.36 Å². The molecule has 1 aromatic heterocycles. The van der Waals surface area contributed by atoms with Crippen molar-refractivity contribution >= 4 is 6.08 Å². The highest BCUT2D eigenvalue weighted by Gasteiger charge is 2.07. The second-order valence-corrected chi connectivity index (χ2v) is 2.87. The van der Waals surface area contributed by atoms with Crippen LogP contribution in [-0.2, 0) is 13.5 Å². The van der Waals surface area contributed by atoms with E-state index in [0.717, 1.165) is 5.56 Å². The normalized spacial score (nSPS) is 10.0. The summed E-state index contributed by atoms with van der Waals surface area (Å²) >= 11 is 0. The van der Waals surface area contributed by atoms with Gasteiger partial charge in [0.25, 0.3) is 5.56 Å². The van der Waals surface area contributed by atoms with Gasteiger partial charge in [-0.25, -0.2) is 0 Å². The number of nitrogens with zero attached hydrogens (tertiary/aromatic N) is 1. The number of hydrogen-bond donors (Lipinski definition) is 1. The van der Waals surface area contributed by atoms with Gasteiger partial charge in [0, 0.05) is 18.2 Å². The van der Waals surface area contributed by atoms with E-state index in [1.165, 1.54) is 10.6 Å². The van der Waals surface area contributed by atoms with Crippen molar-refractivity contribution in [1.29, 1.82) is 0 Å². The van der Waals surface area contributed by atoms with Crippen molar-refractivity contribution in [3.05, 3.63) is 34.1 Å². The van der Waals surface area contributed by atoms with E-state index >= 15 is 0 Å². The predicted octanol–water partition coefficient (Wildman–Crippen LogP) is 1.30. The fourth-order valence-electron chi connectivity index (χ4n) is 1.23. The van der Waals surface area contributed by atoms with Crippen molar-refractivity contribution in [2.24, 2.45) is 7.05 Å². The van der Waals surface area contributed by atoms with Crippen LogP contribution in [0.25, 0.3) is 6.08 Å². The van der Waals surface area contributed by atoms with Gasteiger partial charge in [0.15, 0.2) is 5.88 Å². The molecule has 1 aromatic rings. The fraction of sp³-hybridized carbons (Fsp3) is 0.300. The van der Waals surface area contributed by atoms with E-state index in [0.29, 0.717) is 12.0 Å². The van der Waals surface area contributed by atoms with Crippen molar-refractivity contribution in [3.8, 4) is 5.88 Å². The van der Waals surface area contributed by atoms with Crippen LogP contribution in [0.1, 0.15) is 18.1 Å².